The van der Waals surface area contributed by atoms with Crippen molar-refractivity contribution in [3.63, 3.8) is 0 Å². The molecule has 0 radical (unpaired) electrons. The quantitative estimate of drug-likeness (QED) is 0.480. The molecular formula is C24H27ClN4O5S2. The molecule has 0 spiro atoms. The minimum atomic E-state index is -3.76. The van der Waals surface area contributed by atoms with E-state index in [1.54, 1.807) is 6.92 Å². The average Bonchev–Trinajstić information content (AvgIpc) is 3.21. The summed E-state index contributed by atoms with van der Waals surface area (Å²) in [6.45, 7) is 7.42. The summed E-state index contributed by atoms with van der Waals surface area (Å²) in [5, 5.41) is 0.626. The van der Waals surface area contributed by atoms with Crippen molar-refractivity contribution in [3.8, 4) is 0 Å². The van der Waals surface area contributed by atoms with Gasteiger partial charge in [-0.3, -0.25) is 4.79 Å². The van der Waals surface area contributed by atoms with E-state index in [1.807, 2.05) is 30.5 Å². The van der Waals surface area contributed by atoms with E-state index in [0.717, 1.165) is 15.8 Å². The minimum Gasteiger partial charge on any atom is -0.450 e. The molecule has 0 bridgehead atoms. The number of aromatic nitrogens is 1. The first-order chi connectivity index (χ1) is 17.1. The zero-order valence-corrected chi connectivity index (χ0v) is 22.6. The molecule has 1 aromatic heterocycles. The van der Waals surface area contributed by atoms with Crippen LogP contribution in [0.3, 0.4) is 0 Å². The fraction of sp³-hybridized carbons (Fsp3) is 0.375. The molecule has 0 atom stereocenters. The van der Waals surface area contributed by atoms with Crippen LogP contribution in [0.15, 0.2) is 46.3 Å². The van der Waals surface area contributed by atoms with Crippen LogP contribution in [0.1, 0.15) is 29.8 Å². The first kappa shape index (κ1) is 26.3. The zero-order valence-electron chi connectivity index (χ0n) is 20.2. The van der Waals surface area contributed by atoms with Gasteiger partial charge >= 0.3 is 6.09 Å². The number of amides is 2. The maximum Gasteiger partial charge on any atom is 0.409 e. The number of piperazine rings is 1. The van der Waals surface area contributed by atoms with Gasteiger partial charge in [0, 0.05) is 43.3 Å². The molecule has 36 heavy (non-hydrogen) atoms. The summed E-state index contributed by atoms with van der Waals surface area (Å²) in [6.07, 6.45) is -0.442. The fourth-order valence-corrected chi connectivity index (χ4v) is 7.12. The maximum absolute atomic E-state index is 13.1. The molecule has 0 unspecified atom stereocenters. The summed E-state index contributed by atoms with van der Waals surface area (Å²) < 4.78 is 35.4. The third-order valence-electron chi connectivity index (χ3n) is 5.95. The normalized spacial score (nSPS) is 15.4. The van der Waals surface area contributed by atoms with Crippen molar-refractivity contribution in [2.24, 2.45) is 4.99 Å². The van der Waals surface area contributed by atoms with Crippen LogP contribution < -0.4 is 4.80 Å². The molecule has 9 nitrogen and oxygen atoms in total. The first-order valence-electron chi connectivity index (χ1n) is 11.6. The SMILES string of the molecule is CCOC(=O)N1CCN(S(=O)(=O)c2ccc(C(=O)N=c3sc4cc(Cl)cc(C)c4n3CC)cc2)CC1. The van der Waals surface area contributed by atoms with Gasteiger partial charge in [-0.2, -0.15) is 9.30 Å². The largest absolute Gasteiger partial charge is 0.450 e. The molecule has 2 heterocycles. The van der Waals surface area contributed by atoms with Crippen LogP contribution in [0.2, 0.25) is 5.02 Å². The molecule has 192 valence electrons. The Kier molecular flexibility index (Phi) is 7.84. The second kappa shape index (κ2) is 10.7. The van der Waals surface area contributed by atoms with Crippen molar-refractivity contribution < 1.29 is 22.7 Å². The standard InChI is InChI=1S/C24H27ClN4O5S2/c1-4-29-21-16(3)14-18(25)15-20(21)35-23(29)26-22(30)17-6-8-19(9-7-17)36(32,33)28-12-10-27(11-13-28)24(31)34-5-2/h6-9,14-15H,4-5,10-13H2,1-3H3. The number of rotatable bonds is 5. The second-order valence-corrected chi connectivity index (χ2v) is 11.6. The van der Waals surface area contributed by atoms with E-state index < -0.39 is 22.0 Å². The number of hydrogen-bond donors (Lipinski definition) is 0. The van der Waals surface area contributed by atoms with Gasteiger partial charge in [-0.1, -0.05) is 22.9 Å². The topological polar surface area (TPSA) is 101 Å². The molecular weight excluding hydrogens is 524 g/mol. The van der Waals surface area contributed by atoms with E-state index in [1.165, 1.54) is 44.8 Å². The summed E-state index contributed by atoms with van der Waals surface area (Å²) in [4.78, 5) is 31.2. The molecule has 0 aliphatic carbocycles. The Labute approximate surface area is 218 Å². The predicted molar refractivity (Wildman–Crippen MR) is 139 cm³/mol. The molecule has 12 heteroatoms. The molecule has 1 aliphatic heterocycles. The lowest BCUT2D eigenvalue weighted by Crippen LogP contribution is -2.50. The van der Waals surface area contributed by atoms with Crippen LogP contribution >= 0.6 is 22.9 Å². The van der Waals surface area contributed by atoms with Gasteiger partial charge in [-0.05, 0) is 62.7 Å². The lowest BCUT2D eigenvalue weighted by atomic mass is 10.2. The predicted octanol–water partition coefficient (Wildman–Crippen LogP) is 3.89. The van der Waals surface area contributed by atoms with Crippen LogP contribution in [-0.4, -0.2) is 67.0 Å². The molecule has 2 amide bonds. The van der Waals surface area contributed by atoms with Crippen molar-refractivity contribution in [2.75, 3.05) is 32.8 Å². The van der Waals surface area contributed by atoms with Crippen LogP contribution in [0, 0.1) is 6.92 Å². The lowest BCUT2D eigenvalue weighted by molar-refractivity contribution is 0.0933. The van der Waals surface area contributed by atoms with Gasteiger partial charge in [0.25, 0.3) is 5.91 Å². The molecule has 0 saturated carbocycles. The van der Waals surface area contributed by atoms with Crippen LogP contribution in [0.4, 0.5) is 4.79 Å². The number of halogens is 1. The van der Waals surface area contributed by atoms with Crippen molar-refractivity contribution in [1.82, 2.24) is 13.8 Å². The highest BCUT2D eigenvalue weighted by atomic mass is 35.5. The minimum absolute atomic E-state index is 0.0828. The highest BCUT2D eigenvalue weighted by molar-refractivity contribution is 7.89. The number of fused-ring (bicyclic) bond motifs is 1. The summed E-state index contributed by atoms with van der Waals surface area (Å²) in [6, 6.07) is 9.51. The van der Waals surface area contributed by atoms with Gasteiger partial charge < -0.3 is 14.2 Å². The van der Waals surface area contributed by atoms with Gasteiger partial charge in [-0.25, -0.2) is 13.2 Å². The second-order valence-electron chi connectivity index (χ2n) is 8.23. The Balaban J connectivity index is 1.54. The lowest BCUT2D eigenvalue weighted by Gasteiger charge is -2.33. The summed E-state index contributed by atoms with van der Waals surface area (Å²) >= 11 is 7.58. The van der Waals surface area contributed by atoms with E-state index in [0.29, 0.717) is 16.4 Å². The fourth-order valence-electron chi connectivity index (χ4n) is 4.15. The van der Waals surface area contributed by atoms with Gasteiger partial charge in [-0.15, -0.1) is 0 Å². The number of thiazole rings is 1. The molecule has 4 rings (SSSR count). The van der Waals surface area contributed by atoms with Gasteiger partial charge in [0.2, 0.25) is 10.0 Å². The van der Waals surface area contributed by atoms with Crippen molar-refractivity contribution in [1.29, 1.82) is 0 Å². The number of benzene rings is 2. The van der Waals surface area contributed by atoms with Gasteiger partial charge in [0.05, 0.1) is 21.7 Å². The Morgan fingerprint density at radius 1 is 1.08 bits per heavy atom. The smallest absolute Gasteiger partial charge is 0.409 e. The van der Waals surface area contributed by atoms with Gasteiger partial charge in [0.1, 0.15) is 0 Å². The highest BCUT2D eigenvalue weighted by Crippen LogP contribution is 2.26. The number of sulfonamides is 1. The van der Waals surface area contributed by atoms with E-state index in [4.69, 9.17) is 16.3 Å². The Hall–Kier alpha value is -2.73. The maximum atomic E-state index is 13.1. The monoisotopic (exact) mass is 550 g/mol. The van der Waals surface area contributed by atoms with E-state index in [2.05, 4.69) is 4.99 Å². The van der Waals surface area contributed by atoms with Crippen molar-refractivity contribution in [2.45, 2.75) is 32.2 Å². The summed E-state index contributed by atoms with van der Waals surface area (Å²) in [7, 11) is -3.76. The first-order valence-corrected chi connectivity index (χ1v) is 14.2. The molecule has 3 aromatic rings. The number of carbonyl (C=O) groups is 2. The number of hydrogen-bond acceptors (Lipinski definition) is 6. The van der Waals surface area contributed by atoms with Crippen molar-refractivity contribution in [3.05, 3.63) is 57.3 Å². The van der Waals surface area contributed by atoms with Crippen LogP contribution in [-0.2, 0) is 21.3 Å². The van der Waals surface area contributed by atoms with E-state index in [-0.39, 0.29) is 43.2 Å². The van der Waals surface area contributed by atoms with Crippen LogP contribution in [0.5, 0.6) is 0 Å². The third-order valence-corrected chi connectivity index (χ3v) is 9.11. The Morgan fingerprint density at radius 2 is 1.75 bits per heavy atom. The Bertz CT molecular complexity index is 1470. The Morgan fingerprint density at radius 3 is 2.36 bits per heavy atom. The van der Waals surface area contributed by atoms with E-state index in [9.17, 15) is 18.0 Å². The highest BCUT2D eigenvalue weighted by Gasteiger charge is 2.30. The number of aryl methyl sites for hydroxylation is 2. The van der Waals surface area contributed by atoms with E-state index >= 15 is 0 Å². The molecule has 1 fully saturated rings. The molecule has 1 aliphatic rings. The number of ether oxygens (including phenoxy) is 1. The third kappa shape index (κ3) is 5.19. The average molecular weight is 551 g/mol. The van der Waals surface area contributed by atoms with Gasteiger partial charge in [0.15, 0.2) is 4.80 Å². The molecule has 2 aromatic carbocycles. The molecule has 1 saturated heterocycles. The summed E-state index contributed by atoms with van der Waals surface area (Å²) in [5.41, 5.74) is 2.28. The van der Waals surface area contributed by atoms with Crippen LogP contribution in [0.25, 0.3) is 10.2 Å². The molecule has 0 N–H and O–H groups in total. The van der Waals surface area contributed by atoms with Crippen molar-refractivity contribution >= 4 is 55.2 Å². The zero-order chi connectivity index (χ0) is 26.0. The number of nitrogens with zero attached hydrogens (tertiary/aromatic N) is 4. The number of carbonyl (C=O) groups excluding carboxylic acids is 2. The summed E-state index contributed by atoms with van der Waals surface area (Å²) in [5.74, 6) is -0.459.